The van der Waals surface area contributed by atoms with E-state index in [2.05, 4.69) is 22.3 Å². The molecule has 2 N–H and O–H groups in total. The van der Waals surface area contributed by atoms with Gasteiger partial charge in [0.1, 0.15) is 5.75 Å². The molecule has 3 aliphatic rings. The van der Waals surface area contributed by atoms with Crippen LogP contribution in [0.4, 0.5) is 13.2 Å². The Hall–Kier alpha value is -2.82. The molecule has 4 rings (SSSR count). The van der Waals surface area contributed by atoms with Gasteiger partial charge in [0.05, 0.1) is 12.5 Å². The normalized spacial score (nSPS) is 25.1. The number of likely N-dealkylation sites (tertiary alicyclic amines) is 2. The number of methoxy groups -OCH3 is 1. The SMILES string of the molecule is CNC(=O)[C@@]12CCC3(CCN(Cc4ccc(OC)cc4)CC3)[C@@H]1CN(C(C)=O)C2.O=C(O)C(F)(F)F. The molecule has 0 aromatic heterocycles. The number of amides is 2. The van der Waals surface area contributed by atoms with Gasteiger partial charge in [0.15, 0.2) is 0 Å². The number of hydrogen-bond acceptors (Lipinski definition) is 5. The van der Waals surface area contributed by atoms with Gasteiger partial charge in [-0.3, -0.25) is 14.5 Å². The first-order chi connectivity index (χ1) is 16.9. The van der Waals surface area contributed by atoms with Crippen molar-refractivity contribution in [3.63, 3.8) is 0 Å². The van der Waals surface area contributed by atoms with E-state index in [0.717, 1.165) is 57.6 Å². The molecule has 11 heteroatoms. The first kappa shape index (κ1) is 27.8. The summed E-state index contributed by atoms with van der Waals surface area (Å²) in [5.41, 5.74) is 1.10. The van der Waals surface area contributed by atoms with Crippen molar-refractivity contribution in [3.05, 3.63) is 29.8 Å². The van der Waals surface area contributed by atoms with Crippen molar-refractivity contribution in [2.75, 3.05) is 40.3 Å². The van der Waals surface area contributed by atoms with E-state index in [4.69, 9.17) is 14.6 Å². The van der Waals surface area contributed by atoms with E-state index < -0.39 is 17.6 Å². The smallest absolute Gasteiger partial charge is 0.490 e. The van der Waals surface area contributed by atoms with Gasteiger partial charge < -0.3 is 20.1 Å². The number of rotatable bonds is 4. The van der Waals surface area contributed by atoms with Crippen molar-refractivity contribution in [1.29, 1.82) is 0 Å². The second-order valence-corrected chi connectivity index (χ2v) is 9.98. The fraction of sp³-hybridized carbons (Fsp3) is 0.640. The number of fused-ring (bicyclic) bond motifs is 2. The Morgan fingerprint density at radius 1 is 1.11 bits per heavy atom. The minimum atomic E-state index is -5.08. The molecule has 3 fully saturated rings. The molecule has 1 aromatic carbocycles. The molecule has 0 unspecified atom stereocenters. The molecule has 2 aliphatic heterocycles. The topological polar surface area (TPSA) is 99.2 Å². The Kier molecular flexibility index (Phi) is 8.22. The fourth-order valence-corrected chi connectivity index (χ4v) is 6.17. The van der Waals surface area contributed by atoms with Gasteiger partial charge in [-0.2, -0.15) is 13.2 Å². The van der Waals surface area contributed by atoms with Gasteiger partial charge in [0.2, 0.25) is 11.8 Å². The minimum absolute atomic E-state index is 0.0924. The summed E-state index contributed by atoms with van der Waals surface area (Å²) in [4.78, 5) is 38.3. The van der Waals surface area contributed by atoms with Crippen molar-refractivity contribution in [2.45, 2.75) is 45.3 Å². The maximum atomic E-state index is 12.9. The molecule has 8 nitrogen and oxygen atoms in total. The predicted octanol–water partition coefficient (Wildman–Crippen LogP) is 2.92. The summed E-state index contributed by atoms with van der Waals surface area (Å²) < 4.78 is 37.0. The third kappa shape index (κ3) is 5.61. The standard InChI is InChI=1S/C23H33N3O3.C2HF3O2/c1-17(27)26-15-20-22(8-9-23(20,16-26)21(28)24-2)10-12-25(13-11-22)14-18-4-6-19(29-3)7-5-18;3-2(4,5)1(6)7/h4-7,20H,8-16H2,1-3H3,(H,24,28);(H,6,7)/t20-,23+;/m0./s1. The Balaban J connectivity index is 0.000000454. The zero-order valence-corrected chi connectivity index (χ0v) is 20.9. The van der Waals surface area contributed by atoms with Crippen LogP contribution in [0, 0.1) is 16.7 Å². The molecule has 1 spiro atoms. The molecular weight excluding hydrogens is 479 g/mol. The molecule has 1 aliphatic carbocycles. The van der Waals surface area contributed by atoms with E-state index in [1.807, 2.05) is 17.0 Å². The number of carboxylic acids is 1. The van der Waals surface area contributed by atoms with Crippen LogP contribution in [0.15, 0.2) is 24.3 Å². The number of benzene rings is 1. The highest BCUT2D eigenvalue weighted by molar-refractivity contribution is 5.86. The highest BCUT2D eigenvalue weighted by Gasteiger charge is 2.64. The number of hydrogen-bond donors (Lipinski definition) is 2. The van der Waals surface area contributed by atoms with Crippen molar-refractivity contribution >= 4 is 17.8 Å². The van der Waals surface area contributed by atoms with Crippen LogP contribution >= 0.6 is 0 Å². The number of carbonyl (C=O) groups is 3. The number of halogens is 3. The highest BCUT2D eigenvalue weighted by atomic mass is 19.4. The largest absolute Gasteiger partial charge is 0.497 e. The second-order valence-electron chi connectivity index (χ2n) is 9.98. The number of ether oxygens (including phenoxy) is 1. The molecule has 1 aromatic rings. The average molecular weight is 514 g/mol. The monoisotopic (exact) mass is 513 g/mol. The lowest BCUT2D eigenvalue weighted by Crippen LogP contribution is -2.48. The maximum Gasteiger partial charge on any atom is 0.490 e. The maximum absolute atomic E-state index is 12.9. The molecule has 2 amide bonds. The van der Waals surface area contributed by atoms with Crippen LogP contribution in [0.1, 0.15) is 38.2 Å². The van der Waals surface area contributed by atoms with Gasteiger partial charge in [0, 0.05) is 33.6 Å². The summed E-state index contributed by atoms with van der Waals surface area (Å²) in [5, 5.41) is 10.0. The third-order valence-electron chi connectivity index (χ3n) is 8.14. The predicted molar refractivity (Wildman–Crippen MR) is 125 cm³/mol. The molecular formula is C25H34F3N3O5. The summed E-state index contributed by atoms with van der Waals surface area (Å²) in [5.74, 6) is -1.37. The van der Waals surface area contributed by atoms with Crippen molar-refractivity contribution in [1.82, 2.24) is 15.1 Å². The van der Waals surface area contributed by atoms with E-state index in [-0.39, 0.29) is 23.1 Å². The lowest BCUT2D eigenvalue weighted by molar-refractivity contribution is -0.192. The summed E-state index contributed by atoms with van der Waals surface area (Å²) in [7, 11) is 3.42. The summed E-state index contributed by atoms with van der Waals surface area (Å²) in [6.45, 7) is 6.00. The van der Waals surface area contributed by atoms with Crippen LogP contribution in [0.3, 0.4) is 0 Å². The molecule has 36 heavy (non-hydrogen) atoms. The zero-order chi connectivity index (χ0) is 26.7. The van der Waals surface area contributed by atoms with Crippen LogP contribution in [-0.2, 0) is 20.9 Å². The van der Waals surface area contributed by atoms with Crippen molar-refractivity contribution in [2.24, 2.45) is 16.7 Å². The highest BCUT2D eigenvalue weighted by Crippen LogP contribution is 2.62. The van der Waals surface area contributed by atoms with Gasteiger partial charge in [-0.15, -0.1) is 0 Å². The van der Waals surface area contributed by atoms with E-state index in [1.165, 1.54) is 5.56 Å². The third-order valence-corrected chi connectivity index (χ3v) is 8.14. The number of nitrogens with zero attached hydrogens (tertiary/aromatic N) is 2. The first-order valence-electron chi connectivity index (χ1n) is 12.0. The lowest BCUT2D eigenvalue weighted by atomic mass is 9.65. The Morgan fingerprint density at radius 3 is 2.17 bits per heavy atom. The van der Waals surface area contributed by atoms with E-state index >= 15 is 0 Å². The number of carbonyl (C=O) groups excluding carboxylic acids is 2. The second kappa shape index (κ2) is 10.7. The van der Waals surface area contributed by atoms with Crippen LogP contribution in [0.2, 0.25) is 0 Å². The molecule has 2 heterocycles. The van der Waals surface area contributed by atoms with Gasteiger partial charge in [-0.25, -0.2) is 4.79 Å². The average Bonchev–Trinajstić information content (AvgIpc) is 3.38. The lowest BCUT2D eigenvalue weighted by Gasteiger charge is -2.44. The van der Waals surface area contributed by atoms with E-state index in [0.29, 0.717) is 6.54 Å². The molecule has 1 saturated carbocycles. The van der Waals surface area contributed by atoms with Gasteiger partial charge in [-0.05, 0) is 67.8 Å². The summed E-state index contributed by atoms with van der Waals surface area (Å²) in [6.07, 6.45) is -0.858. The van der Waals surface area contributed by atoms with Crippen molar-refractivity contribution < 1.29 is 37.4 Å². The number of carboxylic acid groups (broad SMARTS) is 1. The molecule has 2 saturated heterocycles. The fourth-order valence-electron chi connectivity index (χ4n) is 6.17. The Bertz CT molecular complexity index is 961. The van der Waals surface area contributed by atoms with Crippen LogP contribution < -0.4 is 10.1 Å². The molecule has 2 atom stereocenters. The quantitative estimate of drug-likeness (QED) is 0.643. The Morgan fingerprint density at radius 2 is 1.69 bits per heavy atom. The number of aliphatic carboxylic acids is 1. The summed E-state index contributed by atoms with van der Waals surface area (Å²) in [6, 6.07) is 8.31. The first-order valence-corrected chi connectivity index (χ1v) is 12.0. The molecule has 200 valence electrons. The van der Waals surface area contributed by atoms with E-state index in [1.54, 1.807) is 21.1 Å². The molecule has 0 radical (unpaired) electrons. The van der Waals surface area contributed by atoms with E-state index in [9.17, 15) is 22.8 Å². The van der Waals surface area contributed by atoms with Crippen molar-refractivity contribution in [3.8, 4) is 5.75 Å². The number of nitrogens with one attached hydrogen (secondary N) is 1. The summed E-state index contributed by atoms with van der Waals surface area (Å²) >= 11 is 0. The van der Waals surface area contributed by atoms with Gasteiger partial charge in [0.25, 0.3) is 0 Å². The minimum Gasteiger partial charge on any atom is -0.497 e. The number of piperidine rings is 1. The van der Waals surface area contributed by atoms with Crippen LogP contribution in [0.5, 0.6) is 5.75 Å². The van der Waals surface area contributed by atoms with Crippen LogP contribution in [0.25, 0.3) is 0 Å². The van der Waals surface area contributed by atoms with Gasteiger partial charge in [-0.1, -0.05) is 12.1 Å². The van der Waals surface area contributed by atoms with Gasteiger partial charge >= 0.3 is 12.1 Å². The van der Waals surface area contributed by atoms with Crippen LogP contribution in [-0.4, -0.2) is 79.2 Å². The molecule has 0 bridgehead atoms. The zero-order valence-electron chi connectivity index (χ0n) is 20.9. The number of alkyl halides is 3. The Labute approximate surface area is 208 Å².